The van der Waals surface area contributed by atoms with Gasteiger partial charge in [0.2, 0.25) is 0 Å². The van der Waals surface area contributed by atoms with Gasteiger partial charge in [0.1, 0.15) is 24.7 Å². The SMILES string of the molecule is CCCOc1ccc([C@H]2C(=C(O)c3ccc4c(c3)OCCO4)C(=O)C(=O)N2CCN(CC)CC)cc1. The largest absolute Gasteiger partial charge is 0.507 e. The topological polar surface area (TPSA) is 88.5 Å². The van der Waals surface area contributed by atoms with Gasteiger partial charge in [-0.2, -0.15) is 0 Å². The lowest BCUT2D eigenvalue weighted by atomic mass is 9.95. The molecule has 8 heteroatoms. The van der Waals surface area contributed by atoms with Gasteiger partial charge in [0.05, 0.1) is 18.2 Å². The normalized spacial score (nSPS) is 18.7. The number of carbonyl (C=O) groups excluding carboxylic acids is 2. The number of nitrogens with zero attached hydrogens (tertiary/aromatic N) is 2. The Morgan fingerprint density at radius 1 is 1.03 bits per heavy atom. The number of aliphatic hydroxyl groups is 1. The molecular formula is C28H34N2O6. The molecule has 36 heavy (non-hydrogen) atoms. The van der Waals surface area contributed by atoms with E-state index in [4.69, 9.17) is 14.2 Å². The number of aliphatic hydroxyl groups excluding tert-OH is 1. The fourth-order valence-electron chi connectivity index (χ4n) is 4.56. The van der Waals surface area contributed by atoms with Crippen molar-refractivity contribution >= 4 is 17.4 Å². The maximum Gasteiger partial charge on any atom is 0.295 e. The maximum absolute atomic E-state index is 13.3. The molecule has 0 aliphatic carbocycles. The average Bonchev–Trinajstić information content (AvgIpc) is 3.17. The monoisotopic (exact) mass is 494 g/mol. The Kier molecular flexibility index (Phi) is 8.15. The summed E-state index contributed by atoms with van der Waals surface area (Å²) in [4.78, 5) is 30.3. The van der Waals surface area contributed by atoms with Crippen molar-refractivity contribution in [1.82, 2.24) is 9.80 Å². The van der Waals surface area contributed by atoms with E-state index in [0.717, 1.165) is 25.1 Å². The molecule has 1 atom stereocenters. The van der Waals surface area contributed by atoms with Gasteiger partial charge in [-0.1, -0.05) is 32.9 Å². The van der Waals surface area contributed by atoms with Crippen molar-refractivity contribution in [3.63, 3.8) is 0 Å². The van der Waals surface area contributed by atoms with E-state index >= 15 is 0 Å². The molecule has 2 heterocycles. The molecule has 0 radical (unpaired) electrons. The van der Waals surface area contributed by atoms with Gasteiger partial charge in [-0.15, -0.1) is 0 Å². The van der Waals surface area contributed by atoms with E-state index in [9.17, 15) is 14.7 Å². The van der Waals surface area contributed by atoms with Crippen LogP contribution >= 0.6 is 0 Å². The van der Waals surface area contributed by atoms with Gasteiger partial charge in [0, 0.05) is 18.7 Å². The first-order valence-electron chi connectivity index (χ1n) is 12.6. The van der Waals surface area contributed by atoms with Crippen molar-refractivity contribution in [2.75, 3.05) is 46.0 Å². The van der Waals surface area contributed by atoms with Gasteiger partial charge >= 0.3 is 0 Å². The lowest BCUT2D eigenvalue weighted by molar-refractivity contribution is -0.140. The molecule has 192 valence electrons. The summed E-state index contributed by atoms with van der Waals surface area (Å²) in [6.45, 7) is 10.3. The minimum atomic E-state index is -0.714. The molecule has 8 nitrogen and oxygen atoms in total. The standard InChI is InChI=1S/C28H34N2O6/c1-4-15-34-21-10-7-19(8-11-21)25-24(27(32)28(33)30(25)14-13-29(5-2)6-3)26(31)20-9-12-22-23(18-20)36-17-16-35-22/h7-12,18,25,31H,4-6,13-17H2,1-3H3/t25-/m0/s1. The third-order valence-corrected chi connectivity index (χ3v) is 6.58. The number of amides is 1. The van der Waals surface area contributed by atoms with E-state index in [0.29, 0.717) is 55.7 Å². The van der Waals surface area contributed by atoms with Crippen molar-refractivity contribution in [3.8, 4) is 17.2 Å². The van der Waals surface area contributed by atoms with Crippen LogP contribution in [0.15, 0.2) is 48.0 Å². The molecule has 1 N–H and O–H groups in total. The first-order chi connectivity index (χ1) is 17.5. The fraction of sp³-hybridized carbons (Fsp3) is 0.429. The highest BCUT2D eigenvalue weighted by molar-refractivity contribution is 6.46. The summed E-state index contributed by atoms with van der Waals surface area (Å²) in [6, 6.07) is 11.7. The van der Waals surface area contributed by atoms with Crippen LogP contribution in [0.3, 0.4) is 0 Å². The molecule has 2 aromatic rings. The predicted octanol–water partition coefficient (Wildman–Crippen LogP) is 4.01. The van der Waals surface area contributed by atoms with Crippen LogP contribution in [-0.2, 0) is 9.59 Å². The van der Waals surface area contributed by atoms with Crippen molar-refractivity contribution in [2.24, 2.45) is 0 Å². The molecule has 1 amide bonds. The highest BCUT2D eigenvalue weighted by atomic mass is 16.6. The number of likely N-dealkylation sites (N-methyl/N-ethyl adjacent to an activating group) is 1. The van der Waals surface area contributed by atoms with Crippen LogP contribution in [0.4, 0.5) is 0 Å². The van der Waals surface area contributed by atoms with Gasteiger partial charge in [-0.25, -0.2) is 0 Å². The maximum atomic E-state index is 13.3. The molecule has 0 unspecified atom stereocenters. The summed E-state index contributed by atoms with van der Waals surface area (Å²) in [5.41, 5.74) is 1.20. The molecule has 0 spiro atoms. The molecule has 0 bridgehead atoms. The van der Waals surface area contributed by atoms with E-state index in [1.807, 2.05) is 31.2 Å². The number of ketones is 1. The van der Waals surface area contributed by atoms with E-state index in [2.05, 4.69) is 18.7 Å². The summed E-state index contributed by atoms with van der Waals surface area (Å²) in [7, 11) is 0. The Hall–Kier alpha value is -3.52. The van der Waals surface area contributed by atoms with Crippen LogP contribution in [0.25, 0.3) is 5.76 Å². The second-order valence-electron chi connectivity index (χ2n) is 8.80. The van der Waals surface area contributed by atoms with Crippen LogP contribution in [0, 0.1) is 0 Å². The molecule has 2 aromatic carbocycles. The molecule has 1 saturated heterocycles. The van der Waals surface area contributed by atoms with Crippen LogP contribution < -0.4 is 14.2 Å². The summed E-state index contributed by atoms with van der Waals surface area (Å²) >= 11 is 0. The zero-order valence-corrected chi connectivity index (χ0v) is 21.2. The average molecular weight is 495 g/mol. The molecule has 0 aromatic heterocycles. The van der Waals surface area contributed by atoms with Crippen LogP contribution in [0.5, 0.6) is 17.2 Å². The van der Waals surface area contributed by atoms with E-state index < -0.39 is 17.7 Å². The van der Waals surface area contributed by atoms with Crippen LogP contribution in [-0.4, -0.2) is 72.6 Å². The highest BCUT2D eigenvalue weighted by Gasteiger charge is 2.46. The molecule has 4 rings (SSSR count). The Balaban J connectivity index is 1.75. The van der Waals surface area contributed by atoms with E-state index in [1.165, 1.54) is 0 Å². The predicted molar refractivity (Wildman–Crippen MR) is 136 cm³/mol. The molecule has 2 aliphatic rings. The minimum Gasteiger partial charge on any atom is -0.507 e. The van der Waals surface area contributed by atoms with E-state index in [1.54, 1.807) is 23.1 Å². The van der Waals surface area contributed by atoms with E-state index in [-0.39, 0.29) is 11.3 Å². The number of rotatable bonds is 10. The Morgan fingerprint density at radius 2 is 1.72 bits per heavy atom. The number of Topliss-reactive ketones (excluding diaryl/α,β-unsaturated/α-hetero) is 1. The van der Waals surface area contributed by atoms with Gasteiger partial charge in [-0.3, -0.25) is 9.59 Å². The number of carbonyl (C=O) groups is 2. The highest BCUT2D eigenvalue weighted by Crippen LogP contribution is 2.41. The molecular weight excluding hydrogens is 460 g/mol. The van der Waals surface area contributed by atoms with Crippen LogP contribution in [0.1, 0.15) is 44.4 Å². The van der Waals surface area contributed by atoms with Gasteiger partial charge < -0.3 is 29.1 Å². The molecule has 2 aliphatic heterocycles. The zero-order valence-electron chi connectivity index (χ0n) is 21.2. The summed E-state index contributed by atoms with van der Waals surface area (Å²) < 4.78 is 16.9. The number of likely N-dealkylation sites (tertiary alicyclic amines) is 1. The second kappa shape index (κ2) is 11.5. The van der Waals surface area contributed by atoms with Crippen LogP contribution in [0.2, 0.25) is 0 Å². The number of hydrogen-bond donors (Lipinski definition) is 1. The van der Waals surface area contributed by atoms with Crippen molar-refractivity contribution in [2.45, 2.75) is 33.2 Å². The van der Waals surface area contributed by atoms with Crippen molar-refractivity contribution in [1.29, 1.82) is 0 Å². The molecule has 1 fully saturated rings. The van der Waals surface area contributed by atoms with Crippen molar-refractivity contribution in [3.05, 3.63) is 59.2 Å². The van der Waals surface area contributed by atoms with Gasteiger partial charge in [0.15, 0.2) is 11.5 Å². The quantitative estimate of drug-likeness (QED) is 0.303. The molecule has 0 saturated carbocycles. The summed E-state index contributed by atoms with van der Waals surface area (Å²) in [5, 5.41) is 11.3. The second-order valence-corrected chi connectivity index (χ2v) is 8.80. The van der Waals surface area contributed by atoms with Gasteiger partial charge in [-0.05, 0) is 55.4 Å². The fourth-order valence-corrected chi connectivity index (χ4v) is 4.56. The summed E-state index contributed by atoms with van der Waals surface area (Å²) in [6.07, 6.45) is 0.892. The number of benzene rings is 2. The third kappa shape index (κ3) is 5.18. The smallest absolute Gasteiger partial charge is 0.295 e. The van der Waals surface area contributed by atoms with Gasteiger partial charge in [0.25, 0.3) is 11.7 Å². The number of ether oxygens (including phenoxy) is 3. The Labute approximate surface area is 212 Å². The minimum absolute atomic E-state index is 0.0680. The Bertz CT molecular complexity index is 1120. The summed E-state index contributed by atoms with van der Waals surface area (Å²) in [5.74, 6) is 0.252. The lowest BCUT2D eigenvalue weighted by Gasteiger charge is -2.28. The van der Waals surface area contributed by atoms with Crippen molar-refractivity contribution < 1.29 is 28.9 Å². The Morgan fingerprint density at radius 3 is 2.39 bits per heavy atom. The third-order valence-electron chi connectivity index (χ3n) is 6.58. The zero-order chi connectivity index (χ0) is 25.7. The first kappa shape index (κ1) is 25.6. The lowest BCUT2D eigenvalue weighted by Crippen LogP contribution is -2.38. The first-order valence-corrected chi connectivity index (χ1v) is 12.6. The number of fused-ring (bicyclic) bond motifs is 1. The number of hydrogen-bond acceptors (Lipinski definition) is 7.